The average molecular weight is 239 g/mol. The molecule has 0 bridgehead atoms. The van der Waals surface area contributed by atoms with E-state index in [0.717, 1.165) is 12.8 Å². The van der Waals surface area contributed by atoms with E-state index in [1.165, 1.54) is 18.2 Å². The Morgan fingerprint density at radius 3 is 3.00 bits per heavy atom. The van der Waals surface area contributed by atoms with Crippen molar-refractivity contribution in [3.05, 3.63) is 28.3 Å². The van der Waals surface area contributed by atoms with Gasteiger partial charge < -0.3 is 14.6 Å². The molecule has 6 nitrogen and oxygen atoms in total. The van der Waals surface area contributed by atoms with E-state index in [0.29, 0.717) is 13.2 Å². The molecule has 1 aromatic carbocycles. The Balaban J connectivity index is 2.15. The van der Waals surface area contributed by atoms with Crippen molar-refractivity contribution >= 4 is 5.69 Å². The number of phenols is 1. The minimum absolute atomic E-state index is 0.134. The lowest BCUT2D eigenvalue weighted by Gasteiger charge is -2.23. The van der Waals surface area contributed by atoms with E-state index >= 15 is 0 Å². The predicted octanol–water partition coefficient (Wildman–Crippen LogP) is 1.86. The van der Waals surface area contributed by atoms with Gasteiger partial charge in [-0.15, -0.1) is 0 Å². The first-order valence-electron chi connectivity index (χ1n) is 5.39. The highest BCUT2D eigenvalue weighted by molar-refractivity contribution is 5.54. The fourth-order valence-corrected chi connectivity index (χ4v) is 1.74. The lowest BCUT2D eigenvalue weighted by atomic mass is 10.2. The van der Waals surface area contributed by atoms with Crippen LogP contribution < -0.4 is 4.74 Å². The number of nitro benzene ring substituents is 1. The molecule has 17 heavy (non-hydrogen) atoms. The van der Waals surface area contributed by atoms with Crippen LogP contribution in [0.4, 0.5) is 5.69 Å². The SMILES string of the molecule is O=[N+]([O-])c1cccc(OC2CCCOC2)c1O. The fourth-order valence-electron chi connectivity index (χ4n) is 1.74. The van der Waals surface area contributed by atoms with E-state index in [4.69, 9.17) is 9.47 Å². The standard InChI is InChI=1S/C11H13NO5/c13-11-9(12(14)15)4-1-5-10(11)17-8-3-2-6-16-7-8/h1,4-5,8,13H,2-3,6-7H2. The van der Waals surface area contributed by atoms with Gasteiger partial charge in [-0.3, -0.25) is 10.1 Å². The molecule has 1 unspecified atom stereocenters. The van der Waals surface area contributed by atoms with Gasteiger partial charge >= 0.3 is 5.69 Å². The van der Waals surface area contributed by atoms with Gasteiger partial charge in [0.25, 0.3) is 0 Å². The smallest absolute Gasteiger partial charge is 0.314 e. The Morgan fingerprint density at radius 1 is 1.53 bits per heavy atom. The van der Waals surface area contributed by atoms with Crippen molar-refractivity contribution in [2.24, 2.45) is 0 Å². The monoisotopic (exact) mass is 239 g/mol. The average Bonchev–Trinajstić information content (AvgIpc) is 2.33. The molecule has 6 heteroatoms. The maximum atomic E-state index is 10.6. The largest absolute Gasteiger partial charge is 0.500 e. The molecule has 0 spiro atoms. The molecule has 1 aliphatic rings. The number of aromatic hydroxyl groups is 1. The van der Waals surface area contributed by atoms with E-state index in [1.54, 1.807) is 0 Å². The van der Waals surface area contributed by atoms with Crippen molar-refractivity contribution in [2.45, 2.75) is 18.9 Å². The number of para-hydroxylation sites is 1. The zero-order chi connectivity index (χ0) is 12.3. The molecule has 1 heterocycles. The molecule has 0 aliphatic carbocycles. The van der Waals surface area contributed by atoms with Crippen LogP contribution in [0.5, 0.6) is 11.5 Å². The predicted molar refractivity (Wildman–Crippen MR) is 59.2 cm³/mol. The number of nitrogens with zero attached hydrogens (tertiary/aromatic N) is 1. The van der Waals surface area contributed by atoms with Crippen LogP contribution in [0.1, 0.15) is 12.8 Å². The third-order valence-electron chi connectivity index (χ3n) is 2.59. The van der Waals surface area contributed by atoms with Gasteiger partial charge in [0.15, 0.2) is 5.75 Å². The van der Waals surface area contributed by atoms with Crippen LogP contribution in [-0.2, 0) is 4.74 Å². The van der Waals surface area contributed by atoms with Crippen molar-refractivity contribution in [1.82, 2.24) is 0 Å². The highest BCUT2D eigenvalue weighted by atomic mass is 16.6. The van der Waals surface area contributed by atoms with Crippen LogP contribution >= 0.6 is 0 Å². The second-order valence-electron chi connectivity index (χ2n) is 3.84. The maximum Gasteiger partial charge on any atom is 0.314 e. The van der Waals surface area contributed by atoms with Gasteiger partial charge in [0.2, 0.25) is 5.75 Å². The van der Waals surface area contributed by atoms with Crippen molar-refractivity contribution in [3.8, 4) is 11.5 Å². The quantitative estimate of drug-likeness (QED) is 0.643. The minimum atomic E-state index is -0.639. The van der Waals surface area contributed by atoms with Gasteiger partial charge in [-0.25, -0.2) is 0 Å². The summed E-state index contributed by atoms with van der Waals surface area (Å²) in [5.74, 6) is -0.294. The molecule has 92 valence electrons. The van der Waals surface area contributed by atoms with Crippen LogP contribution in [0.2, 0.25) is 0 Å². The number of benzene rings is 1. The summed E-state index contributed by atoms with van der Waals surface area (Å²) in [7, 11) is 0. The number of hydrogen-bond acceptors (Lipinski definition) is 5. The second-order valence-corrected chi connectivity index (χ2v) is 3.84. The third-order valence-corrected chi connectivity index (χ3v) is 2.59. The zero-order valence-corrected chi connectivity index (χ0v) is 9.17. The molecule has 1 atom stereocenters. The number of hydrogen-bond donors (Lipinski definition) is 1. The maximum absolute atomic E-state index is 10.6. The van der Waals surface area contributed by atoms with Crippen LogP contribution in [0, 0.1) is 10.1 Å². The van der Waals surface area contributed by atoms with Gasteiger partial charge in [-0.2, -0.15) is 0 Å². The molecule has 0 amide bonds. The Kier molecular flexibility index (Phi) is 3.43. The Hall–Kier alpha value is -1.82. The molecule has 2 rings (SSSR count). The first-order valence-corrected chi connectivity index (χ1v) is 5.39. The third kappa shape index (κ3) is 2.65. The summed E-state index contributed by atoms with van der Waals surface area (Å²) in [6.07, 6.45) is 1.55. The van der Waals surface area contributed by atoms with E-state index in [-0.39, 0.29) is 17.5 Å². The summed E-state index contributed by atoms with van der Waals surface area (Å²) in [5.41, 5.74) is -0.348. The Morgan fingerprint density at radius 2 is 2.35 bits per heavy atom. The van der Waals surface area contributed by atoms with Gasteiger partial charge in [0, 0.05) is 12.7 Å². The molecule has 0 saturated carbocycles. The molecule has 1 fully saturated rings. The number of nitro groups is 1. The van der Waals surface area contributed by atoms with Crippen LogP contribution in [-0.4, -0.2) is 29.3 Å². The lowest BCUT2D eigenvalue weighted by Crippen LogP contribution is -2.28. The van der Waals surface area contributed by atoms with Crippen molar-refractivity contribution in [3.63, 3.8) is 0 Å². The topological polar surface area (TPSA) is 81.8 Å². The highest BCUT2D eigenvalue weighted by Crippen LogP contribution is 2.36. The molecule has 0 aromatic heterocycles. The summed E-state index contributed by atoms with van der Waals surface area (Å²) in [6.45, 7) is 1.16. The molecular formula is C11H13NO5. The van der Waals surface area contributed by atoms with Crippen LogP contribution in [0.25, 0.3) is 0 Å². The number of rotatable bonds is 3. The summed E-state index contributed by atoms with van der Waals surface area (Å²) in [5, 5.41) is 20.3. The van der Waals surface area contributed by atoms with Crippen LogP contribution in [0.3, 0.4) is 0 Å². The normalized spacial score (nSPS) is 19.9. The first kappa shape index (κ1) is 11.7. The molecule has 1 N–H and O–H groups in total. The summed E-state index contributed by atoms with van der Waals surface area (Å²) >= 11 is 0. The highest BCUT2D eigenvalue weighted by Gasteiger charge is 2.21. The minimum Gasteiger partial charge on any atom is -0.500 e. The van der Waals surface area contributed by atoms with Gasteiger partial charge in [-0.05, 0) is 18.9 Å². The van der Waals surface area contributed by atoms with Gasteiger partial charge in [0.1, 0.15) is 6.10 Å². The van der Waals surface area contributed by atoms with E-state index in [1.807, 2.05) is 0 Å². The molecular weight excluding hydrogens is 226 g/mol. The summed E-state index contributed by atoms with van der Waals surface area (Å²) in [6, 6.07) is 4.23. The van der Waals surface area contributed by atoms with E-state index < -0.39 is 10.7 Å². The van der Waals surface area contributed by atoms with E-state index in [2.05, 4.69) is 0 Å². The van der Waals surface area contributed by atoms with Gasteiger partial charge in [0.05, 0.1) is 11.5 Å². The number of phenolic OH excluding ortho intramolecular Hbond substituents is 1. The summed E-state index contributed by atoms with van der Waals surface area (Å²) < 4.78 is 10.7. The van der Waals surface area contributed by atoms with Gasteiger partial charge in [-0.1, -0.05) is 6.07 Å². The summed E-state index contributed by atoms with van der Waals surface area (Å²) in [4.78, 5) is 9.99. The molecule has 1 saturated heterocycles. The Labute approximate surface area is 97.9 Å². The first-order chi connectivity index (χ1) is 8.18. The Bertz CT molecular complexity index is 414. The number of ether oxygens (including phenoxy) is 2. The van der Waals surface area contributed by atoms with E-state index in [9.17, 15) is 15.2 Å². The fraction of sp³-hybridized carbons (Fsp3) is 0.455. The zero-order valence-electron chi connectivity index (χ0n) is 9.17. The molecule has 1 aliphatic heterocycles. The van der Waals surface area contributed by atoms with Crippen molar-refractivity contribution in [2.75, 3.05) is 13.2 Å². The molecule has 0 radical (unpaired) electrons. The molecule has 1 aromatic rings. The van der Waals surface area contributed by atoms with Crippen molar-refractivity contribution < 1.29 is 19.5 Å². The van der Waals surface area contributed by atoms with Crippen LogP contribution in [0.15, 0.2) is 18.2 Å². The van der Waals surface area contributed by atoms with Crippen molar-refractivity contribution in [1.29, 1.82) is 0 Å². The second kappa shape index (κ2) is 5.01. The lowest BCUT2D eigenvalue weighted by molar-refractivity contribution is -0.386.